The number of amides is 1. The molecule has 0 bridgehead atoms. The molecule has 23 heavy (non-hydrogen) atoms. The van der Waals surface area contributed by atoms with Crippen molar-refractivity contribution < 1.29 is 4.79 Å². The van der Waals surface area contributed by atoms with Gasteiger partial charge in [-0.2, -0.15) is 0 Å². The number of hydrogen-bond acceptors (Lipinski definition) is 3. The van der Waals surface area contributed by atoms with Crippen molar-refractivity contribution in [3.05, 3.63) is 57.3 Å². The van der Waals surface area contributed by atoms with Gasteiger partial charge in [-0.1, -0.05) is 30.7 Å². The van der Waals surface area contributed by atoms with E-state index >= 15 is 0 Å². The summed E-state index contributed by atoms with van der Waals surface area (Å²) in [6.45, 7) is 5.99. The Kier molecular flexibility index (Phi) is 5.47. The normalized spacial score (nSPS) is 15.5. The fourth-order valence-corrected chi connectivity index (χ4v) is 3.85. The molecule has 3 nitrogen and oxygen atoms in total. The van der Waals surface area contributed by atoms with Crippen LogP contribution in [-0.4, -0.2) is 23.9 Å². The average Bonchev–Trinajstić information content (AvgIpc) is 3.01. The maximum atomic E-state index is 12.2. The number of nitrogens with one attached hydrogen (secondary N) is 1. The van der Waals surface area contributed by atoms with Crippen molar-refractivity contribution in [2.24, 2.45) is 0 Å². The van der Waals surface area contributed by atoms with Crippen molar-refractivity contribution in [3.63, 3.8) is 0 Å². The summed E-state index contributed by atoms with van der Waals surface area (Å²) in [6.07, 6.45) is 3.96. The minimum Gasteiger partial charge on any atom is -0.347 e. The highest BCUT2D eigenvalue weighted by molar-refractivity contribution is 7.13. The second-order valence-electron chi connectivity index (χ2n) is 6.20. The lowest BCUT2D eigenvalue weighted by atomic mass is 10.0. The molecule has 3 rings (SSSR count). The van der Waals surface area contributed by atoms with E-state index < -0.39 is 0 Å². The van der Waals surface area contributed by atoms with E-state index in [9.17, 15) is 4.79 Å². The third-order valence-electron chi connectivity index (χ3n) is 4.36. The number of aryl methyl sites for hydroxylation is 1. The Hall–Kier alpha value is -1.65. The van der Waals surface area contributed by atoms with Gasteiger partial charge in [-0.15, -0.1) is 11.3 Å². The lowest BCUT2D eigenvalue weighted by Crippen LogP contribution is -2.30. The molecule has 1 N–H and O–H groups in total. The van der Waals surface area contributed by atoms with Crippen molar-refractivity contribution in [3.8, 4) is 0 Å². The first-order valence-electron chi connectivity index (χ1n) is 8.36. The topological polar surface area (TPSA) is 32.3 Å². The number of thiophene rings is 1. The third kappa shape index (κ3) is 4.43. The van der Waals surface area contributed by atoms with Gasteiger partial charge in [0.1, 0.15) is 0 Å². The van der Waals surface area contributed by atoms with E-state index in [2.05, 4.69) is 34.5 Å². The lowest BCUT2D eigenvalue weighted by molar-refractivity contribution is 0.0955. The Morgan fingerprint density at radius 3 is 2.52 bits per heavy atom. The first-order chi connectivity index (χ1) is 11.2. The maximum absolute atomic E-state index is 12.2. The van der Waals surface area contributed by atoms with Crippen LogP contribution in [0.25, 0.3) is 0 Å². The summed E-state index contributed by atoms with van der Waals surface area (Å²) in [5.74, 6) is 0.0240. The minimum absolute atomic E-state index is 0.0240. The second kappa shape index (κ2) is 7.75. The lowest BCUT2D eigenvalue weighted by Gasteiger charge is -2.27. The van der Waals surface area contributed by atoms with Gasteiger partial charge in [0, 0.05) is 18.0 Å². The molecule has 1 aromatic heterocycles. The SMILES string of the molecule is Cc1ccc(C(=O)NCc2ccccc2CN2CCCCC2)s1. The number of piperidine rings is 1. The summed E-state index contributed by atoms with van der Waals surface area (Å²) in [5, 5.41) is 3.06. The molecule has 0 saturated carbocycles. The van der Waals surface area contributed by atoms with Crippen LogP contribution in [0.15, 0.2) is 36.4 Å². The fourth-order valence-electron chi connectivity index (χ4n) is 3.06. The van der Waals surface area contributed by atoms with Crippen molar-refractivity contribution in [2.45, 2.75) is 39.3 Å². The number of carbonyl (C=O) groups excluding carboxylic acids is 1. The quantitative estimate of drug-likeness (QED) is 0.900. The van der Waals surface area contributed by atoms with Crippen LogP contribution in [0.4, 0.5) is 0 Å². The zero-order valence-electron chi connectivity index (χ0n) is 13.7. The Morgan fingerprint density at radius 1 is 1.09 bits per heavy atom. The summed E-state index contributed by atoms with van der Waals surface area (Å²) < 4.78 is 0. The van der Waals surface area contributed by atoms with Crippen LogP contribution in [0, 0.1) is 6.92 Å². The number of benzene rings is 1. The van der Waals surface area contributed by atoms with Gasteiger partial charge in [0.05, 0.1) is 4.88 Å². The highest BCUT2D eigenvalue weighted by atomic mass is 32.1. The van der Waals surface area contributed by atoms with Crippen molar-refractivity contribution in [1.29, 1.82) is 0 Å². The van der Waals surface area contributed by atoms with Gasteiger partial charge in [0.2, 0.25) is 0 Å². The zero-order chi connectivity index (χ0) is 16.1. The molecule has 0 unspecified atom stereocenters. The highest BCUT2D eigenvalue weighted by Crippen LogP contribution is 2.17. The number of likely N-dealkylation sites (tertiary alicyclic amines) is 1. The summed E-state index contributed by atoms with van der Waals surface area (Å²) in [6, 6.07) is 12.3. The summed E-state index contributed by atoms with van der Waals surface area (Å²) in [5.41, 5.74) is 2.55. The molecule has 1 aliphatic heterocycles. The average molecular weight is 328 g/mol. The molecule has 0 radical (unpaired) electrons. The van der Waals surface area contributed by atoms with E-state index in [0.29, 0.717) is 6.54 Å². The predicted octanol–water partition coefficient (Wildman–Crippen LogP) is 3.97. The van der Waals surface area contributed by atoms with Crippen LogP contribution in [-0.2, 0) is 13.1 Å². The summed E-state index contributed by atoms with van der Waals surface area (Å²) in [7, 11) is 0. The van der Waals surface area contributed by atoms with Crippen LogP contribution in [0.2, 0.25) is 0 Å². The van der Waals surface area contributed by atoms with Gasteiger partial charge in [-0.05, 0) is 56.1 Å². The Morgan fingerprint density at radius 2 is 1.83 bits per heavy atom. The molecular formula is C19H24N2OS. The molecule has 0 aliphatic carbocycles. The van der Waals surface area contributed by atoms with E-state index in [1.165, 1.54) is 48.4 Å². The molecule has 1 saturated heterocycles. The Labute approximate surface area is 142 Å². The third-order valence-corrected chi connectivity index (χ3v) is 5.36. The van der Waals surface area contributed by atoms with E-state index in [1.807, 2.05) is 19.1 Å². The molecule has 1 amide bonds. The largest absolute Gasteiger partial charge is 0.347 e. The molecule has 0 atom stereocenters. The van der Waals surface area contributed by atoms with Gasteiger partial charge in [0.15, 0.2) is 0 Å². The van der Waals surface area contributed by atoms with Gasteiger partial charge < -0.3 is 5.32 Å². The van der Waals surface area contributed by atoms with Gasteiger partial charge in [-0.3, -0.25) is 9.69 Å². The molecule has 1 aromatic carbocycles. The second-order valence-corrected chi connectivity index (χ2v) is 7.49. The van der Waals surface area contributed by atoms with Gasteiger partial charge in [-0.25, -0.2) is 0 Å². The fraction of sp³-hybridized carbons (Fsp3) is 0.421. The minimum atomic E-state index is 0.0240. The van der Waals surface area contributed by atoms with Crippen LogP contribution >= 0.6 is 11.3 Å². The van der Waals surface area contributed by atoms with Crippen LogP contribution in [0.5, 0.6) is 0 Å². The molecule has 122 valence electrons. The van der Waals surface area contributed by atoms with E-state index in [-0.39, 0.29) is 5.91 Å². The molecule has 1 fully saturated rings. The van der Waals surface area contributed by atoms with Crippen molar-refractivity contribution in [1.82, 2.24) is 10.2 Å². The van der Waals surface area contributed by atoms with E-state index in [1.54, 1.807) is 11.3 Å². The Bertz CT molecular complexity index is 659. The van der Waals surface area contributed by atoms with Gasteiger partial charge in [0.25, 0.3) is 5.91 Å². The first kappa shape index (κ1) is 16.2. The number of nitrogens with zero attached hydrogens (tertiary/aromatic N) is 1. The van der Waals surface area contributed by atoms with Crippen LogP contribution in [0.1, 0.15) is 44.9 Å². The summed E-state index contributed by atoms with van der Waals surface area (Å²) >= 11 is 1.54. The monoisotopic (exact) mass is 328 g/mol. The first-order valence-corrected chi connectivity index (χ1v) is 9.18. The van der Waals surface area contributed by atoms with Crippen molar-refractivity contribution in [2.75, 3.05) is 13.1 Å². The maximum Gasteiger partial charge on any atom is 0.261 e. The Balaban J connectivity index is 1.62. The molecule has 2 aromatic rings. The van der Waals surface area contributed by atoms with E-state index in [4.69, 9.17) is 0 Å². The highest BCUT2D eigenvalue weighted by Gasteiger charge is 2.13. The molecule has 0 spiro atoms. The molecule has 1 aliphatic rings. The predicted molar refractivity (Wildman–Crippen MR) is 95.8 cm³/mol. The van der Waals surface area contributed by atoms with Crippen molar-refractivity contribution >= 4 is 17.2 Å². The van der Waals surface area contributed by atoms with Crippen LogP contribution in [0.3, 0.4) is 0 Å². The number of rotatable bonds is 5. The number of hydrogen-bond donors (Lipinski definition) is 1. The van der Waals surface area contributed by atoms with Crippen LogP contribution < -0.4 is 5.32 Å². The molecule has 4 heteroatoms. The standard InChI is InChI=1S/C19H24N2OS/c1-15-9-10-18(23-15)19(22)20-13-16-7-3-4-8-17(16)14-21-11-5-2-6-12-21/h3-4,7-10H,2,5-6,11-14H2,1H3,(H,20,22). The molecule has 2 heterocycles. The summed E-state index contributed by atoms with van der Waals surface area (Å²) in [4.78, 5) is 16.7. The molecular weight excluding hydrogens is 304 g/mol. The van der Waals surface area contributed by atoms with Gasteiger partial charge >= 0.3 is 0 Å². The van der Waals surface area contributed by atoms with E-state index in [0.717, 1.165) is 11.4 Å². The number of carbonyl (C=O) groups is 1. The zero-order valence-corrected chi connectivity index (χ0v) is 14.5. The smallest absolute Gasteiger partial charge is 0.261 e.